The summed E-state index contributed by atoms with van der Waals surface area (Å²) in [5, 5.41) is 6.14. The number of rotatable bonds is 9. The van der Waals surface area contributed by atoms with Crippen molar-refractivity contribution in [3.05, 3.63) is 101 Å². The maximum Gasteiger partial charge on any atom is 0.257 e. The molecule has 1 amide bonds. The van der Waals surface area contributed by atoms with E-state index >= 15 is 0 Å². The predicted octanol–water partition coefficient (Wildman–Crippen LogP) is 7.20. The summed E-state index contributed by atoms with van der Waals surface area (Å²) >= 11 is 11.5. The number of hydrogen-bond acceptors (Lipinski definition) is 4. The molecule has 0 aliphatic carbocycles. The van der Waals surface area contributed by atoms with Crippen molar-refractivity contribution in [3.8, 4) is 11.5 Å². The number of nitrogens with zero attached hydrogens (tertiary/aromatic N) is 1. The molecule has 5 rings (SSSR count). The Balaban J connectivity index is 1.10. The topological polar surface area (TPSA) is 50.8 Å². The largest absolute Gasteiger partial charge is 0.494 e. The number of nitrogens with one attached hydrogen (secondary N) is 1. The Morgan fingerprint density at radius 3 is 2.45 bits per heavy atom. The number of halogens is 1. The first-order valence-electron chi connectivity index (χ1n) is 12.8. The van der Waals surface area contributed by atoms with Crippen molar-refractivity contribution in [2.45, 2.75) is 25.7 Å². The molecule has 194 valence electrons. The molecule has 5 nitrogen and oxygen atoms in total. The van der Waals surface area contributed by atoms with Gasteiger partial charge >= 0.3 is 0 Å². The zero-order valence-corrected chi connectivity index (χ0v) is 22.6. The van der Waals surface area contributed by atoms with E-state index in [1.165, 1.54) is 0 Å². The van der Waals surface area contributed by atoms with Crippen LogP contribution in [0.3, 0.4) is 0 Å². The Bertz CT molecular complexity index is 1440. The Morgan fingerprint density at radius 2 is 1.63 bits per heavy atom. The molecule has 1 N–H and O–H groups in total. The molecule has 38 heavy (non-hydrogen) atoms. The summed E-state index contributed by atoms with van der Waals surface area (Å²) in [6, 6.07) is 27.1. The molecule has 1 heterocycles. The number of hydrogen-bond donors (Lipinski definition) is 1. The Morgan fingerprint density at radius 1 is 0.868 bits per heavy atom. The Hall–Kier alpha value is -3.61. The van der Waals surface area contributed by atoms with Crippen molar-refractivity contribution in [1.82, 2.24) is 5.32 Å². The molecule has 7 heteroatoms. The quantitative estimate of drug-likeness (QED) is 0.178. The van der Waals surface area contributed by atoms with Crippen molar-refractivity contribution < 1.29 is 14.3 Å². The SMILES string of the molecule is O=C(NC(=S)N1CCc2c(OCCCCCOc3ccc(Cl)cc3)cccc21)c1ccc2ccccc2c1. The molecular formula is C31H29ClN2O3S. The summed E-state index contributed by atoms with van der Waals surface area (Å²) in [7, 11) is 0. The van der Waals surface area contributed by atoms with E-state index in [9.17, 15) is 4.79 Å². The van der Waals surface area contributed by atoms with E-state index < -0.39 is 0 Å². The third-order valence-electron chi connectivity index (χ3n) is 6.59. The minimum absolute atomic E-state index is 0.207. The molecule has 1 aliphatic rings. The summed E-state index contributed by atoms with van der Waals surface area (Å²) in [5.74, 6) is 1.51. The van der Waals surface area contributed by atoms with Crippen LogP contribution in [0.5, 0.6) is 11.5 Å². The summed E-state index contributed by atoms with van der Waals surface area (Å²) < 4.78 is 11.9. The van der Waals surface area contributed by atoms with Crippen LogP contribution < -0.4 is 19.7 Å². The monoisotopic (exact) mass is 544 g/mol. The van der Waals surface area contributed by atoms with E-state index in [2.05, 4.69) is 5.32 Å². The third-order valence-corrected chi connectivity index (χ3v) is 7.16. The standard InChI is InChI=1S/C31H29ClN2O3S/c32-25-13-15-26(16-14-25)36-19-4-1-5-20-37-29-10-6-9-28-27(29)17-18-34(28)31(38)33-30(35)24-12-11-22-7-2-3-8-23(22)21-24/h2-3,6-16,21H,1,4-5,17-20H2,(H,33,35,38). The fourth-order valence-electron chi connectivity index (χ4n) is 4.60. The van der Waals surface area contributed by atoms with Gasteiger partial charge in [0.15, 0.2) is 5.11 Å². The zero-order chi connectivity index (χ0) is 26.3. The number of carbonyl (C=O) groups is 1. The van der Waals surface area contributed by atoms with Crippen LogP contribution in [0.25, 0.3) is 10.8 Å². The van der Waals surface area contributed by atoms with E-state index in [-0.39, 0.29) is 5.91 Å². The van der Waals surface area contributed by atoms with Gasteiger partial charge in [-0.1, -0.05) is 48.0 Å². The number of unbranched alkanes of at least 4 members (excludes halogenated alkanes) is 2. The second kappa shape index (κ2) is 12.3. The number of carbonyl (C=O) groups excluding carboxylic acids is 1. The summed E-state index contributed by atoms with van der Waals surface area (Å²) in [6.07, 6.45) is 3.72. The lowest BCUT2D eigenvalue weighted by molar-refractivity contribution is 0.0977. The zero-order valence-electron chi connectivity index (χ0n) is 21.0. The third kappa shape index (κ3) is 6.26. The summed E-state index contributed by atoms with van der Waals surface area (Å²) in [6.45, 7) is 2.01. The van der Waals surface area contributed by atoms with Crippen molar-refractivity contribution in [2.75, 3.05) is 24.7 Å². The molecule has 4 aromatic rings. The molecule has 0 atom stereocenters. The van der Waals surface area contributed by atoms with Crippen LogP contribution >= 0.6 is 23.8 Å². The van der Waals surface area contributed by atoms with Crippen molar-refractivity contribution in [3.63, 3.8) is 0 Å². The van der Waals surface area contributed by atoms with Crippen LogP contribution in [-0.2, 0) is 6.42 Å². The first kappa shape index (κ1) is 26.0. The van der Waals surface area contributed by atoms with Crippen LogP contribution in [0.2, 0.25) is 5.02 Å². The van der Waals surface area contributed by atoms with Gasteiger partial charge in [-0.2, -0.15) is 0 Å². The minimum Gasteiger partial charge on any atom is -0.494 e. The van der Waals surface area contributed by atoms with Crippen LogP contribution in [0.1, 0.15) is 35.2 Å². The van der Waals surface area contributed by atoms with Crippen LogP contribution in [0.4, 0.5) is 5.69 Å². The molecule has 0 radical (unpaired) electrons. The second-order valence-electron chi connectivity index (χ2n) is 9.19. The van der Waals surface area contributed by atoms with Gasteiger partial charge in [-0.05, 0) is 97.2 Å². The van der Waals surface area contributed by atoms with Gasteiger partial charge in [0.2, 0.25) is 0 Å². The lowest BCUT2D eigenvalue weighted by Gasteiger charge is -2.21. The van der Waals surface area contributed by atoms with Crippen LogP contribution in [-0.4, -0.2) is 30.8 Å². The molecule has 0 bridgehead atoms. The van der Waals surface area contributed by atoms with Gasteiger partial charge < -0.3 is 14.4 Å². The van der Waals surface area contributed by atoms with Gasteiger partial charge in [-0.15, -0.1) is 0 Å². The highest BCUT2D eigenvalue weighted by Gasteiger charge is 2.26. The van der Waals surface area contributed by atoms with E-state index in [0.29, 0.717) is 35.5 Å². The van der Waals surface area contributed by atoms with Crippen molar-refractivity contribution in [1.29, 1.82) is 0 Å². The molecule has 4 aromatic carbocycles. The van der Waals surface area contributed by atoms with E-state index in [0.717, 1.165) is 59.2 Å². The fourth-order valence-corrected chi connectivity index (χ4v) is 5.01. The normalized spacial score (nSPS) is 12.3. The van der Waals surface area contributed by atoms with Gasteiger partial charge in [0.05, 0.1) is 18.9 Å². The van der Waals surface area contributed by atoms with E-state index in [1.807, 2.05) is 89.8 Å². The van der Waals surface area contributed by atoms with Gasteiger partial charge in [-0.25, -0.2) is 0 Å². The number of thiocarbonyl (C=S) groups is 1. The van der Waals surface area contributed by atoms with Crippen molar-refractivity contribution in [2.24, 2.45) is 0 Å². The maximum absolute atomic E-state index is 12.9. The Labute approximate surface area is 233 Å². The molecule has 0 spiro atoms. The smallest absolute Gasteiger partial charge is 0.257 e. The molecule has 1 aliphatic heterocycles. The molecular weight excluding hydrogens is 516 g/mol. The molecule has 0 aromatic heterocycles. The lowest BCUT2D eigenvalue weighted by Crippen LogP contribution is -2.41. The predicted molar refractivity (Wildman–Crippen MR) is 158 cm³/mol. The number of ether oxygens (including phenoxy) is 2. The molecule has 0 saturated carbocycles. The maximum atomic E-state index is 12.9. The summed E-state index contributed by atoms with van der Waals surface area (Å²) in [5.41, 5.74) is 2.70. The van der Waals surface area contributed by atoms with E-state index in [4.69, 9.17) is 33.3 Å². The summed E-state index contributed by atoms with van der Waals surface area (Å²) in [4.78, 5) is 14.9. The van der Waals surface area contributed by atoms with Gasteiger partial charge in [0, 0.05) is 22.7 Å². The average Bonchev–Trinajstić information content (AvgIpc) is 3.38. The van der Waals surface area contributed by atoms with Gasteiger partial charge in [0.25, 0.3) is 5.91 Å². The number of fused-ring (bicyclic) bond motifs is 2. The van der Waals surface area contributed by atoms with Crippen LogP contribution in [0.15, 0.2) is 84.9 Å². The van der Waals surface area contributed by atoms with Gasteiger partial charge in [-0.3, -0.25) is 10.1 Å². The average molecular weight is 545 g/mol. The highest BCUT2D eigenvalue weighted by atomic mass is 35.5. The van der Waals surface area contributed by atoms with Crippen LogP contribution in [0, 0.1) is 0 Å². The Kier molecular flexibility index (Phi) is 8.41. The van der Waals surface area contributed by atoms with Crippen molar-refractivity contribution >= 4 is 51.3 Å². The minimum atomic E-state index is -0.207. The second-order valence-corrected chi connectivity index (χ2v) is 10.0. The number of benzene rings is 4. The number of amides is 1. The van der Waals surface area contributed by atoms with E-state index in [1.54, 1.807) is 0 Å². The molecule has 0 saturated heterocycles. The molecule has 0 unspecified atom stereocenters. The first-order valence-corrected chi connectivity index (χ1v) is 13.6. The number of anilines is 1. The fraction of sp³-hybridized carbons (Fsp3) is 0.226. The van der Waals surface area contributed by atoms with Gasteiger partial charge in [0.1, 0.15) is 11.5 Å². The lowest BCUT2D eigenvalue weighted by atomic mass is 10.1. The molecule has 0 fully saturated rings. The highest BCUT2D eigenvalue weighted by molar-refractivity contribution is 7.80. The first-order chi connectivity index (χ1) is 18.6. The highest BCUT2D eigenvalue weighted by Crippen LogP contribution is 2.35.